The lowest BCUT2D eigenvalue weighted by atomic mass is 10.1. The molecule has 0 saturated heterocycles. The van der Waals surface area contributed by atoms with Gasteiger partial charge in [-0.1, -0.05) is 12.1 Å². The molecule has 0 aliphatic heterocycles. The molecule has 0 aliphatic carbocycles. The molecular formula is C10H10F3NO4. The van der Waals surface area contributed by atoms with Crippen molar-refractivity contribution in [3.05, 3.63) is 29.8 Å². The lowest BCUT2D eigenvalue weighted by Crippen LogP contribution is -2.20. The molecule has 1 aromatic rings. The monoisotopic (exact) mass is 265 g/mol. The van der Waals surface area contributed by atoms with E-state index >= 15 is 0 Å². The zero-order valence-corrected chi connectivity index (χ0v) is 8.98. The summed E-state index contributed by atoms with van der Waals surface area (Å²) in [6.07, 6.45) is -7.10. The molecular weight excluding hydrogens is 255 g/mol. The van der Waals surface area contributed by atoms with Gasteiger partial charge in [0, 0.05) is 0 Å². The molecule has 1 rings (SSSR count). The number of carbonyl (C=O) groups is 1. The summed E-state index contributed by atoms with van der Waals surface area (Å²) in [5.41, 5.74) is 4.90. The summed E-state index contributed by atoms with van der Waals surface area (Å²) < 4.78 is 44.2. The summed E-state index contributed by atoms with van der Waals surface area (Å²) >= 11 is 0. The van der Waals surface area contributed by atoms with Gasteiger partial charge in [-0.05, 0) is 17.7 Å². The number of amides is 1. The van der Waals surface area contributed by atoms with Crippen molar-refractivity contribution in [1.82, 2.24) is 0 Å². The van der Waals surface area contributed by atoms with E-state index in [1.54, 1.807) is 0 Å². The number of aliphatic hydroxyl groups excluding tert-OH is 1. The highest BCUT2D eigenvalue weighted by Crippen LogP contribution is 2.26. The number of hydrogen-bond donors (Lipinski definition) is 2. The lowest BCUT2D eigenvalue weighted by Gasteiger charge is -2.15. The van der Waals surface area contributed by atoms with Gasteiger partial charge in [0.2, 0.25) is 0 Å². The Hall–Kier alpha value is -1.96. The van der Waals surface area contributed by atoms with Crippen LogP contribution in [0.5, 0.6) is 5.75 Å². The molecule has 0 bridgehead atoms. The highest BCUT2D eigenvalue weighted by Gasteiger charge is 2.31. The number of hydrogen-bond acceptors (Lipinski definition) is 4. The number of primary amides is 1. The Morgan fingerprint density at radius 3 is 2.61 bits per heavy atom. The third-order valence-corrected chi connectivity index (χ3v) is 1.89. The molecule has 100 valence electrons. The molecule has 0 aromatic heterocycles. The van der Waals surface area contributed by atoms with Crippen molar-refractivity contribution in [3.8, 4) is 5.75 Å². The molecule has 0 radical (unpaired) electrons. The molecule has 0 spiro atoms. The van der Waals surface area contributed by atoms with Crippen molar-refractivity contribution < 1.29 is 32.5 Å². The summed E-state index contributed by atoms with van der Waals surface area (Å²) in [7, 11) is 0. The second kappa shape index (κ2) is 5.58. The molecule has 1 aromatic carbocycles. The van der Waals surface area contributed by atoms with Crippen molar-refractivity contribution in [2.45, 2.75) is 12.5 Å². The molecule has 1 atom stereocenters. The van der Waals surface area contributed by atoms with Gasteiger partial charge in [-0.2, -0.15) is 0 Å². The predicted molar refractivity (Wildman–Crippen MR) is 53.6 cm³/mol. The number of benzene rings is 1. The smallest absolute Gasteiger partial charge is 0.439 e. The first kappa shape index (κ1) is 14.1. The fourth-order valence-corrected chi connectivity index (χ4v) is 1.26. The number of aliphatic hydroxyl groups is 1. The Balaban J connectivity index is 2.89. The van der Waals surface area contributed by atoms with Gasteiger partial charge in [0.05, 0.1) is 6.61 Å². The van der Waals surface area contributed by atoms with Crippen LogP contribution >= 0.6 is 0 Å². The van der Waals surface area contributed by atoms with Crippen molar-refractivity contribution in [3.63, 3.8) is 0 Å². The molecule has 5 nitrogen and oxygen atoms in total. The van der Waals surface area contributed by atoms with Crippen molar-refractivity contribution >= 4 is 6.09 Å². The van der Waals surface area contributed by atoms with Gasteiger partial charge in [0.15, 0.2) is 6.10 Å². The zero-order chi connectivity index (χ0) is 13.8. The van der Waals surface area contributed by atoms with Gasteiger partial charge in [-0.3, -0.25) is 0 Å². The third kappa shape index (κ3) is 4.50. The highest BCUT2D eigenvalue weighted by molar-refractivity contribution is 5.65. The number of carbonyl (C=O) groups excluding carboxylic acids is 1. The van der Waals surface area contributed by atoms with Crippen LogP contribution < -0.4 is 10.5 Å². The van der Waals surface area contributed by atoms with Crippen LogP contribution in [0, 0.1) is 0 Å². The maximum atomic E-state index is 12.0. The van der Waals surface area contributed by atoms with Crippen molar-refractivity contribution in [2.24, 2.45) is 5.73 Å². The van der Waals surface area contributed by atoms with Gasteiger partial charge in [-0.25, -0.2) is 4.79 Å². The van der Waals surface area contributed by atoms with Crippen LogP contribution in [0.4, 0.5) is 18.0 Å². The number of alkyl halides is 3. The van der Waals surface area contributed by atoms with Gasteiger partial charge < -0.3 is 20.3 Å². The van der Waals surface area contributed by atoms with Crippen LogP contribution in [-0.4, -0.2) is 24.2 Å². The maximum absolute atomic E-state index is 12.0. The molecule has 8 heteroatoms. The summed E-state index contributed by atoms with van der Waals surface area (Å²) in [6.45, 7) is -0.613. The van der Waals surface area contributed by atoms with Gasteiger partial charge in [0.1, 0.15) is 5.75 Å². The van der Waals surface area contributed by atoms with E-state index in [0.717, 1.165) is 12.1 Å². The molecule has 0 fully saturated rings. The minimum Gasteiger partial charge on any atom is -0.439 e. The van der Waals surface area contributed by atoms with E-state index in [4.69, 9.17) is 10.8 Å². The van der Waals surface area contributed by atoms with E-state index in [1.807, 2.05) is 0 Å². The molecule has 1 amide bonds. The summed E-state index contributed by atoms with van der Waals surface area (Å²) in [5.74, 6) is -0.480. The Morgan fingerprint density at radius 1 is 1.44 bits per heavy atom. The van der Waals surface area contributed by atoms with Crippen molar-refractivity contribution in [2.75, 3.05) is 6.61 Å². The van der Waals surface area contributed by atoms with Crippen LogP contribution in [0.2, 0.25) is 0 Å². The van der Waals surface area contributed by atoms with E-state index < -0.39 is 30.9 Å². The number of ether oxygens (including phenoxy) is 2. The molecule has 0 aliphatic rings. The molecule has 18 heavy (non-hydrogen) atoms. The fraction of sp³-hybridized carbons (Fsp3) is 0.300. The van der Waals surface area contributed by atoms with Crippen LogP contribution in [0.15, 0.2) is 24.3 Å². The number of halogens is 3. The molecule has 1 unspecified atom stereocenters. The second-order valence-corrected chi connectivity index (χ2v) is 3.23. The van der Waals surface area contributed by atoms with E-state index in [-0.39, 0.29) is 5.56 Å². The van der Waals surface area contributed by atoms with Crippen LogP contribution in [0.1, 0.15) is 11.7 Å². The first-order valence-electron chi connectivity index (χ1n) is 4.74. The van der Waals surface area contributed by atoms with Crippen molar-refractivity contribution in [1.29, 1.82) is 0 Å². The lowest BCUT2D eigenvalue weighted by molar-refractivity contribution is -0.274. The summed E-state index contributed by atoms with van der Waals surface area (Å²) in [6, 6.07) is 4.71. The minimum absolute atomic E-state index is 0.137. The Morgan fingerprint density at radius 2 is 2.11 bits per heavy atom. The van der Waals surface area contributed by atoms with Gasteiger partial charge >= 0.3 is 12.5 Å². The van der Waals surface area contributed by atoms with Crippen LogP contribution in [0.3, 0.4) is 0 Å². The SMILES string of the molecule is NC(=O)OC(CO)c1cccc(OC(F)(F)F)c1. The molecule has 0 heterocycles. The van der Waals surface area contributed by atoms with E-state index in [0.29, 0.717) is 0 Å². The average Bonchev–Trinajstić information content (AvgIpc) is 2.23. The topological polar surface area (TPSA) is 81.8 Å². The van der Waals surface area contributed by atoms with E-state index in [1.165, 1.54) is 12.1 Å². The van der Waals surface area contributed by atoms with Crippen LogP contribution in [-0.2, 0) is 4.74 Å². The van der Waals surface area contributed by atoms with E-state index in [9.17, 15) is 18.0 Å². The van der Waals surface area contributed by atoms with E-state index in [2.05, 4.69) is 9.47 Å². The van der Waals surface area contributed by atoms with Gasteiger partial charge in [-0.15, -0.1) is 13.2 Å². The number of rotatable bonds is 4. The molecule has 3 N–H and O–H groups in total. The summed E-state index contributed by atoms with van der Waals surface area (Å²) in [4.78, 5) is 10.5. The fourth-order valence-electron chi connectivity index (χ4n) is 1.26. The Kier molecular flexibility index (Phi) is 4.38. The average molecular weight is 265 g/mol. The first-order valence-corrected chi connectivity index (χ1v) is 4.74. The Labute approximate surface area is 99.9 Å². The largest absolute Gasteiger partial charge is 0.573 e. The first-order chi connectivity index (χ1) is 8.31. The Bertz CT molecular complexity index is 422. The second-order valence-electron chi connectivity index (χ2n) is 3.23. The standard InChI is InChI=1S/C10H10F3NO4/c11-10(12,13)18-7-3-1-2-6(4-7)8(5-15)17-9(14)16/h1-4,8,15H,5H2,(H2,14,16). The molecule has 0 saturated carbocycles. The number of nitrogens with two attached hydrogens (primary N) is 1. The minimum atomic E-state index is -4.82. The quantitative estimate of drug-likeness (QED) is 0.868. The normalized spacial score (nSPS) is 12.9. The van der Waals surface area contributed by atoms with Crippen LogP contribution in [0.25, 0.3) is 0 Å². The van der Waals surface area contributed by atoms with Gasteiger partial charge in [0.25, 0.3) is 0 Å². The summed E-state index contributed by atoms with van der Waals surface area (Å²) in [5, 5.41) is 8.96. The zero-order valence-electron chi connectivity index (χ0n) is 8.98. The third-order valence-electron chi connectivity index (χ3n) is 1.89. The highest BCUT2D eigenvalue weighted by atomic mass is 19.4. The maximum Gasteiger partial charge on any atom is 0.573 e. The predicted octanol–water partition coefficient (Wildman–Crippen LogP) is 1.71.